The van der Waals surface area contributed by atoms with Crippen LogP contribution in [-0.2, 0) is 0 Å². The molecular weight excluding hydrogens is 262 g/mol. The highest BCUT2D eigenvalue weighted by atomic mass is 16.5. The first-order valence-electron chi connectivity index (χ1n) is 7.74. The van der Waals surface area contributed by atoms with Crippen LogP contribution in [0.5, 0.6) is 5.75 Å². The van der Waals surface area contributed by atoms with Gasteiger partial charge in [0.15, 0.2) is 0 Å². The Bertz CT molecular complexity index is 461. The molecule has 118 valence electrons. The predicted molar refractivity (Wildman–Crippen MR) is 87.6 cm³/mol. The Morgan fingerprint density at radius 2 is 2.05 bits per heavy atom. The van der Waals surface area contributed by atoms with Gasteiger partial charge in [0, 0.05) is 31.2 Å². The molecule has 0 aliphatic carbocycles. The number of rotatable bonds is 5. The van der Waals surface area contributed by atoms with Gasteiger partial charge >= 0.3 is 0 Å². The smallest absolute Gasteiger partial charge is 0.119 e. The number of nitrogens with zero attached hydrogens (tertiary/aromatic N) is 2. The van der Waals surface area contributed by atoms with Gasteiger partial charge in [-0.3, -0.25) is 4.90 Å². The molecule has 1 saturated heterocycles. The maximum Gasteiger partial charge on any atom is 0.119 e. The van der Waals surface area contributed by atoms with E-state index in [-0.39, 0.29) is 12.1 Å². The number of ether oxygens (including phenoxy) is 1. The van der Waals surface area contributed by atoms with Crippen LogP contribution in [-0.4, -0.2) is 56.2 Å². The van der Waals surface area contributed by atoms with Crippen molar-refractivity contribution in [3.05, 3.63) is 29.8 Å². The van der Waals surface area contributed by atoms with E-state index >= 15 is 0 Å². The fraction of sp³-hybridized carbons (Fsp3) is 0.647. The predicted octanol–water partition coefficient (Wildman–Crippen LogP) is 1.97. The van der Waals surface area contributed by atoms with Crippen molar-refractivity contribution in [1.29, 1.82) is 0 Å². The number of nitrogens with two attached hydrogens (primary N) is 1. The van der Waals surface area contributed by atoms with Crippen LogP contribution in [0.1, 0.15) is 25.5 Å². The van der Waals surface area contributed by atoms with Gasteiger partial charge in [0.2, 0.25) is 0 Å². The fourth-order valence-corrected chi connectivity index (χ4v) is 3.56. The van der Waals surface area contributed by atoms with Crippen molar-refractivity contribution in [2.75, 3.05) is 34.3 Å². The van der Waals surface area contributed by atoms with Crippen molar-refractivity contribution in [1.82, 2.24) is 9.80 Å². The Morgan fingerprint density at radius 3 is 2.57 bits per heavy atom. The first kappa shape index (κ1) is 16.3. The Balaban J connectivity index is 2.24. The van der Waals surface area contributed by atoms with E-state index < -0.39 is 0 Å². The molecule has 2 N–H and O–H groups in total. The van der Waals surface area contributed by atoms with E-state index in [1.807, 2.05) is 12.1 Å². The number of methoxy groups -OCH3 is 1. The molecule has 4 atom stereocenters. The third-order valence-electron chi connectivity index (χ3n) is 4.59. The Hall–Kier alpha value is -1.10. The molecule has 2 rings (SSSR count). The second-order valence-electron chi connectivity index (χ2n) is 6.54. The van der Waals surface area contributed by atoms with Crippen molar-refractivity contribution >= 4 is 0 Å². The maximum absolute atomic E-state index is 6.31. The van der Waals surface area contributed by atoms with Crippen molar-refractivity contribution in [3.63, 3.8) is 0 Å². The van der Waals surface area contributed by atoms with Gasteiger partial charge in [-0.2, -0.15) is 0 Å². The summed E-state index contributed by atoms with van der Waals surface area (Å²) in [6.07, 6.45) is 0. The molecule has 1 aromatic rings. The summed E-state index contributed by atoms with van der Waals surface area (Å²) in [5, 5.41) is 0. The second-order valence-corrected chi connectivity index (χ2v) is 6.54. The molecule has 4 heteroatoms. The Labute approximate surface area is 128 Å². The topological polar surface area (TPSA) is 41.7 Å². The van der Waals surface area contributed by atoms with E-state index in [1.165, 1.54) is 5.56 Å². The van der Waals surface area contributed by atoms with Gasteiger partial charge in [-0.05, 0) is 44.6 Å². The second kappa shape index (κ2) is 6.77. The van der Waals surface area contributed by atoms with Crippen LogP contribution in [0.2, 0.25) is 0 Å². The molecule has 0 bridgehead atoms. The summed E-state index contributed by atoms with van der Waals surface area (Å²) < 4.78 is 5.36. The van der Waals surface area contributed by atoms with Gasteiger partial charge in [-0.15, -0.1) is 0 Å². The molecule has 0 saturated carbocycles. The van der Waals surface area contributed by atoms with Gasteiger partial charge in [-0.25, -0.2) is 0 Å². The molecule has 0 radical (unpaired) electrons. The van der Waals surface area contributed by atoms with E-state index in [0.29, 0.717) is 12.0 Å². The number of hydrogen-bond acceptors (Lipinski definition) is 4. The Morgan fingerprint density at radius 1 is 1.33 bits per heavy atom. The lowest BCUT2D eigenvalue weighted by Gasteiger charge is -2.32. The number of likely N-dealkylation sites (tertiary alicyclic amines) is 1. The van der Waals surface area contributed by atoms with E-state index in [2.05, 4.69) is 49.9 Å². The van der Waals surface area contributed by atoms with Gasteiger partial charge in [0.05, 0.1) is 7.11 Å². The summed E-state index contributed by atoms with van der Waals surface area (Å²) in [4.78, 5) is 4.85. The van der Waals surface area contributed by atoms with Crippen LogP contribution in [0.3, 0.4) is 0 Å². The van der Waals surface area contributed by atoms with Crippen LogP contribution in [0.15, 0.2) is 24.3 Å². The van der Waals surface area contributed by atoms with E-state index in [9.17, 15) is 0 Å². The van der Waals surface area contributed by atoms with Crippen LogP contribution < -0.4 is 10.5 Å². The molecule has 21 heavy (non-hydrogen) atoms. The molecule has 0 aromatic heterocycles. The average Bonchev–Trinajstić information content (AvgIpc) is 2.80. The Kier molecular flexibility index (Phi) is 5.25. The monoisotopic (exact) mass is 291 g/mol. The highest BCUT2D eigenvalue weighted by Crippen LogP contribution is 2.32. The summed E-state index contributed by atoms with van der Waals surface area (Å²) in [6.45, 7) is 6.58. The zero-order valence-electron chi connectivity index (χ0n) is 13.9. The largest absolute Gasteiger partial charge is 0.497 e. The molecule has 1 heterocycles. The summed E-state index contributed by atoms with van der Waals surface area (Å²) in [6, 6.07) is 9.23. The molecule has 0 amide bonds. The lowest BCUT2D eigenvalue weighted by atomic mass is 9.99. The maximum atomic E-state index is 6.31. The number of benzene rings is 1. The van der Waals surface area contributed by atoms with E-state index in [1.54, 1.807) is 7.11 Å². The van der Waals surface area contributed by atoms with Gasteiger partial charge in [0.25, 0.3) is 0 Å². The standard InChI is InChI=1S/C17H29N3O/c1-12-10-20(11-16(12)19(3)4)17(13(2)18)14-7-6-8-15(9-14)21-5/h6-9,12-13,16-17H,10-11,18H2,1-5H3. The molecule has 1 aromatic carbocycles. The van der Waals surface area contributed by atoms with Crippen molar-refractivity contribution in [2.45, 2.75) is 32.0 Å². The molecule has 1 fully saturated rings. The van der Waals surface area contributed by atoms with Crippen molar-refractivity contribution in [2.24, 2.45) is 11.7 Å². The van der Waals surface area contributed by atoms with E-state index in [4.69, 9.17) is 10.5 Å². The highest BCUT2D eigenvalue weighted by Gasteiger charge is 2.36. The summed E-state index contributed by atoms with van der Waals surface area (Å²) in [7, 11) is 6.04. The third kappa shape index (κ3) is 3.57. The zero-order valence-corrected chi connectivity index (χ0v) is 13.9. The van der Waals surface area contributed by atoms with Crippen LogP contribution in [0.25, 0.3) is 0 Å². The molecule has 0 spiro atoms. The van der Waals surface area contributed by atoms with Crippen LogP contribution in [0.4, 0.5) is 0 Å². The molecule has 1 aliphatic heterocycles. The molecule has 4 unspecified atom stereocenters. The first-order valence-corrected chi connectivity index (χ1v) is 7.74. The quantitative estimate of drug-likeness (QED) is 0.900. The van der Waals surface area contributed by atoms with E-state index in [0.717, 1.165) is 18.8 Å². The SMILES string of the molecule is COc1cccc(C(C(C)N)N2CC(C)C(N(C)C)C2)c1. The lowest BCUT2D eigenvalue weighted by Crippen LogP contribution is -2.40. The highest BCUT2D eigenvalue weighted by molar-refractivity contribution is 5.31. The third-order valence-corrected chi connectivity index (χ3v) is 4.59. The minimum atomic E-state index is 0.0882. The zero-order chi connectivity index (χ0) is 15.6. The number of likely N-dealkylation sites (N-methyl/N-ethyl adjacent to an activating group) is 1. The summed E-state index contributed by atoms with van der Waals surface area (Å²) in [5.41, 5.74) is 7.56. The summed E-state index contributed by atoms with van der Waals surface area (Å²) >= 11 is 0. The van der Waals surface area contributed by atoms with Gasteiger partial charge in [0.1, 0.15) is 5.75 Å². The normalized spacial score (nSPS) is 26.0. The summed E-state index contributed by atoms with van der Waals surface area (Å²) in [5.74, 6) is 1.56. The van der Waals surface area contributed by atoms with Crippen LogP contribution >= 0.6 is 0 Å². The molecule has 4 nitrogen and oxygen atoms in total. The minimum Gasteiger partial charge on any atom is -0.497 e. The lowest BCUT2D eigenvalue weighted by molar-refractivity contribution is 0.197. The van der Waals surface area contributed by atoms with Crippen molar-refractivity contribution < 1.29 is 4.74 Å². The van der Waals surface area contributed by atoms with Gasteiger partial charge in [-0.1, -0.05) is 19.1 Å². The first-order chi connectivity index (χ1) is 9.93. The van der Waals surface area contributed by atoms with Crippen LogP contribution in [0, 0.1) is 5.92 Å². The molecule has 1 aliphatic rings. The fourth-order valence-electron chi connectivity index (χ4n) is 3.56. The number of hydrogen-bond donors (Lipinski definition) is 1. The van der Waals surface area contributed by atoms with Gasteiger partial charge < -0.3 is 15.4 Å². The van der Waals surface area contributed by atoms with Crippen molar-refractivity contribution in [3.8, 4) is 5.75 Å². The average molecular weight is 291 g/mol. The molecular formula is C17H29N3O. The minimum absolute atomic E-state index is 0.0882.